The molecule has 1 amide bonds. The topological polar surface area (TPSA) is 59.3 Å². The van der Waals surface area contributed by atoms with Gasteiger partial charge in [-0.05, 0) is 79.9 Å². The summed E-state index contributed by atoms with van der Waals surface area (Å²) in [6.07, 6.45) is 8.40. The highest BCUT2D eigenvalue weighted by molar-refractivity contribution is 7.15. The molecule has 0 spiro atoms. The lowest BCUT2D eigenvalue weighted by atomic mass is 9.49. The number of nitrogens with one attached hydrogen (secondary N) is 1. The SMILES string of the molecule is O=C(CC12CC3CC(CC(C3)C1)C2)Nc1nc2scc(-c3cc(Cl)ccc3Cl)n2n1. The average Bonchev–Trinajstić information content (AvgIpc) is 3.22. The molecule has 4 fully saturated rings. The highest BCUT2D eigenvalue weighted by Crippen LogP contribution is 2.61. The van der Waals surface area contributed by atoms with Gasteiger partial charge in [0.2, 0.25) is 16.8 Å². The van der Waals surface area contributed by atoms with E-state index in [1.807, 2.05) is 11.4 Å². The van der Waals surface area contributed by atoms with Gasteiger partial charge in [0, 0.05) is 22.4 Å². The summed E-state index contributed by atoms with van der Waals surface area (Å²) in [6.45, 7) is 0. The number of carbonyl (C=O) groups excluding carboxylic acids is 1. The monoisotopic (exact) mass is 460 g/mol. The first-order valence-electron chi connectivity index (χ1n) is 10.6. The fourth-order valence-corrected chi connectivity index (χ4v) is 7.84. The summed E-state index contributed by atoms with van der Waals surface area (Å²) >= 11 is 14.0. The van der Waals surface area contributed by atoms with E-state index >= 15 is 0 Å². The second kappa shape index (κ2) is 6.94. The molecule has 4 aliphatic carbocycles. The van der Waals surface area contributed by atoms with E-state index in [0.29, 0.717) is 27.4 Å². The molecule has 7 rings (SSSR count). The minimum absolute atomic E-state index is 0.0394. The number of hydrogen-bond acceptors (Lipinski definition) is 4. The molecule has 0 saturated heterocycles. The van der Waals surface area contributed by atoms with Crippen molar-refractivity contribution in [1.82, 2.24) is 14.6 Å². The first-order valence-corrected chi connectivity index (χ1v) is 12.2. The maximum Gasteiger partial charge on any atom is 0.250 e. The number of rotatable bonds is 4. The molecule has 30 heavy (non-hydrogen) atoms. The van der Waals surface area contributed by atoms with E-state index in [1.165, 1.54) is 49.9 Å². The molecule has 156 valence electrons. The van der Waals surface area contributed by atoms with Crippen molar-refractivity contribution >= 4 is 51.4 Å². The molecule has 0 aliphatic heterocycles. The number of halogens is 2. The maximum absolute atomic E-state index is 12.9. The van der Waals surface area contributed by atoms with Gasteiger partial charge in [-0.25, -0.2) is 4.52 Å². The lowest BCUT2D eigenvalue weighted by Crippen LogP contribution is -2.47. The summed E-state index contributed by atoms with van der Waals surface area (Å²) in [5.74, 6) is 2.91. The number of thiazole rings is 1. The van der Waals surface area contributed by atoms with E-state index in [-0.39, 0.29) is 11.3 Å². The van der Waals surface area contributed by atoms with Crippen molar-refractivity contribution in [1.29, 1.82) is 0 Å². The third-order valence-electron chi connectivity index (χ3n) is 7.24. The van der Waals surface area contributed by atoms with Crippen molar-refractivity contribution in [3.05, 3.63) is 33.6 Å². The predicted octanol–water partition coefficient (Wildman–Crippen LogP) is 6.31. The first-order chi connectivity index (χ1) is 14.5. The smallest absolute Gasteiger partial charge is 0.250 e. The van der Waals surface area contributed by atoms with Crippen LogP contribution in [0.1, 0.15) is 44.9 Å². The highest BCUT2D eigenvalue weighted by Gasteiger charge is 2.51. The number of hydrogen-bond donors (Lipinski definition) is 1. The van der Waals surface area contributed by atoms with Crippen molar-refractivity contribution in [3.63, 3.8) is 0 Å². The average molecular weight is 461 g/mol. The van der Waals surface area contributed by atoms with Gasteiger partial charge in [-0.3, -0.25) is 10.1 Å². The van der Waals surface area contributed by atoms with Gasteiger partial charge >= 0.3 is 0 Å². The second-order valence-corrected chi connectivity index (χ2v) is 11.2. The number of aromatic nitrogens is 3. The van der Waals surface area contributed by atoms with Crippen molar-refractivity contribution in [2.75, 3.05) is 5.32 Å². The van der Waals surface area contributed by atoms with Gasteiger partial charge in [0.1, 0.15) is 0 Å². The van der Waals surface area contributed by atoms with E-state index < -0.39 is 0 Å². The van der Waals surface area contributed by atoms with E-state index in [1.54, 1.807) is 16.6 Å². The molecule has 8 heteroatoms. The van der Waals surface area contributed by atoms with Gasteiger partial charge in [-0.1, -0.05) is 23.2 Å². The summed E-state index contributed by atoms with van der Waals surface area (Å²) in [5, 5.41) is 10.7. The van der Waals surface area contributed by atoms with Crippen LogP contribution < -0.4 is 5.32 Å². The number of amides is 1. The largest absolute Gasteiger partial charge is 0.293 e. The van der Waals surface area contributed by atoms with E-state index in [4.69, 9.17) is 23.2 Å². The van der Waals surface area contributed by atoms with E-state index in [0.717, 1.165) is 29.0 Å². The zero-order chi connectivity index (χ0) is 20.5. The predicted molar refractivity (Wildman–Crippen MR) is 120 cm³/mol. The van der Waals surface area contributed by atoms with Gasteiger partial charge in [0.05, 0.1) is 10.7 Å². The molecule has 2 aromatic heterocycles. The summed E-state index contributed by atoms with van der Waals surface area (Å²) < 4.78 is 1.72. The molecule has 4 saturated carbocycles. The van der Waals surface area contributed by atoms with Gasteiger partial charge in [-0.15, -0.1) is 16.4 Å². The molecule has 4 bridgehead atoms. The molecule has 4 aliphatic rings. The van der Waals surface area contributed by atoms with Crippen LogP contribution in [-0.4, -0.2) is 20.5 Å². The van der Waals surface area contributed by atoms with E-state index in [9.17, 15) is 4.79 Å². The van der Waals surface area contributed by atoms with Crippen LogP contribution >= 0.6 is 34.5 Å². The van der Waals surface area contributed by atoms with Gasteiger partial charge in [0.15, 0.2) is 0 Å². The minimum Gasteiger partial charge on any atom is -0.293 e. The highest BCUT2D eigenvalue weighted by atomic mass is 35.5. The summed E-state index contributed by atoms with van der Waals surface area (Å²) in [4.78, 5) is 18.1. The zero-order valence-electron chi connectivity index (χ0n) is 16.4. The molecule has 5 nitrogen and oxygen atoms in total. The van der Waals surface area contributed by atoms with Gasteiger partial charge in [0.25, 0.3) is 0 Å². The molecule has 0 atom stereocenters. The van der Waals surface area contributed by atoms with Crippen LogP contribution in [-0.2, 0) is 4.79 Å². The van der Waals surface area contributed by atoms with Crippen LogP contribution in [0.2, 0.25) is 10.0 Å². The summed E-state index contributed by atoms with van der Waals surface area (Å²) in [6, 6.07) is 5.35. The van der Waals surface area contributed by atoms with Crippen LogP contribution in [0.25, 0.3) is 16.2 Å². The Kier molecular flexibility index (Phi) is 4.41. The summed E-state index contributed by atoms with van der Waals surface area (Å²) in [5.41, 5.74) is 1.82. The third-order valence-corrected chi connectivity index (χ3v) is 8.62. The lowest BCUT2D eigenvalue weighted by Gasteiger charge is -2.56. The van der Waals surface area contributed by atoms with Gasteiger partial charge < -0.3 is 0 Å². The molecular formula is C22H22Cl2N4OS. The van der Waals surface area contributed by atoms with E-state index in [2.05, 4.69) is 15.4 Å². The Labute approximate surface area is 188 Å². The Bertz CT molecular complexity index is 1120. The fourth-order valence-electron chi connectivity index (χ4n) is 6.63. The third kappa shape index (κ3) is 3.24. The molecule has 3 aromatic rings. The molecule has 1 N–H and O–H groups in total. The molecule has 2 heterocycles. The molecular weight excluding hydrogens is 439 g/mol. The molecule has 0 unspecified atom stereocenters. The molecule has 0 radical (unpaired) electrons. The Morgan fingerprint density at radius 2 is 1.87 bits per heavy atom. The Balaban J connectivity index is 1.22. The maximum atomic E-state index is 12.9. The fraction of sp³-hybridized carbons (Fsp3) is 0.500. The standard InChI is InChI=1S/C22H22Cl2N4OS/c23-15-1-2-17(24)16(6-15)18-11-30-21-26-20(27-28(18)21)25-19(29)10-22-7-12-3-13(8-22)5-14(4-12)9-22/h1-2,6,11-14H,3-5,7-10H2,(H,25,27,29). The van der Waals surface area contributed by atoms with Crippen molar-refractivity contribution in [2.24, 2.45) is 23.2 Å². The Hall–Kier alpha value is -1.63. The van der Waals surface area contributed by atoms with Crippen LogP contribution in [0.15, 0.2) is 23.6 Å². The van der Waals surface area contributed by atoms with Gasteiger partial charge in [-0.2, -0.15) is 4.98 Å². The first kappa shape index (κ1) is 19.1. The van der Waals surface area contributed by atoms with Crippen LogP contribution in [0.3, 0.4) is 0 Å². The number of carbonyl (C=O) groups is 1. The van der Waals surface area contributed by atoms with Crippen LogP contribution in [0.4, 0.5) is 5.95 Å². The quantitative estimate of drug-likeness (QED) is 0.495. The second-order valence-electron chi connectivity index (χ2n) is 9.52. The zero-order valence-corrected chi connectivity index (χ0v) is 18.7. The van der Waals surface area contributed by atoms with Crippen LogP contribution in [0, 0.1) is 23.2 Å². The normalized spacial score (nSPS) is 29.6. The number of anilines is 1. The lowest BCUT2D eigenvalue weighted by molar-refractivity contribution is -0.124. The Morgan fingerprint density at radius 1 is 1.17 bits per heavy atom. The van der Waals surface area contributed by atoms with Crippen molar-refractivity contribution in [3.8, 4) is 11.3 Å². The number of fused-ring (bicyclic) bond motifs is 1. The Morgan fingerprint density at radius 3 is 2.57 bits per heavy atom. The van der Waals surface area contributed by atoms with Crippen molar-refractivity contribution in [2.45, 2.75) is 44.9 Å². The minimum atomic E-state index is 0.0394. The van der Waals surface area contributed by atoms with Crippen LogP contribution in [0.5, 0.6) is 0 Å². The number of benzene rings is 1. The summed E-state index contributed by atoms with van der Waals surface area (Å²) in [7, 11) is 0. The molecule has 1 aromatic carbocycles. The van der Waals surface area contributed by atoms with Crippen molar-refractivity contribution < 1.29 is 4.79 Å². The number of nitrogens with zero attached hydrogens (tertiary/aromatic N) is 3.